The van der Waals surface area contributed by atoms with E-state index in [0.29, 0.717) is 27.6 Å². The predicted octanol–water partition coefficient (Wildman–Crippen LogP) is 4.64. The first kappa shape index (κ1) is 24.4. The van der Waals surface area contributed by atoms with Crippen molar-refractivity contribution < 1.29 is 14.7 Å². The summed E-state index contributed by atoms with van der Waals surface area (Å²) in [7, 11) is 1.69. The van der Waals surface area contributed by atoms with Crippen molar-refractivity contribution >= 4 is 46.0 Å². The Morgan fingerprint density at radius 3 is 2.49 bits per heavy atom. The molecular weight excluding hydrogens is 489 g/mol. The average molecular weight is 510 g/mol. The topological polar surface area (TPSA) is 101 Å². The lowest BCUT2D eigenvalue weighted by atomic mass is 9.95. The van der Waals surface area contributed by atoms with Crippen molar-refractivity contribution in [2.75, 3.05) is 0 Å². The Labute approximate surface area is 211 Å². The largest absolute Gasteiger partial charge is 0.480 e. The minimum absolute atomic E-state index is 0.00991. The van der Waals surface area contributed by atoms with Crippen LogP contribution in [0.2, 0.25) is 10.0 Å². The summed E-state index contributed by atoms with van der Waals surface area (Å²) in [6.45, 7) is 1.91. The average Bonchev–Trinajstić information content (AvgIpc) is 2.81. The molecule has 0 saturated carbocycles. The third-order valence-electron chi connectivity index (χ3n) is 5.68. The molecule has 0 aliphatic heterocycles. The highest BCUT2D eigenvalue weighted by Crippen LogP contribution is 2.29. The van der Waals surface area contributed by atoms with Crippen LogP contribution in [0.1, 0.15) is 21.5 Å². The van der Waals surface area contributed by atoms with Gasteiger partial charge < -0.3 is 15.0 Å². The Morgan fingerprint density at radius 2 is 1.80 bits per heavy atom. The Bertz CT molecular complexity index is 1510. The lowest BCUT2D eigenvalue weighted by Crippen LogP contribution is -2.42. The van der Waals surface area contributed by atoms with Crippen LogP contribution in [0.15, 0.2) is 65.7 Å². The summed E-state index contributed by atoms with van der Waals surface area (Å²) >= 11 is 12.2. The normalized spacial score (nSPS) is 11.9. The zero-order valence-electron chi connectivity index (χ0n) is 18.9. The van der Waals surface area contributed by atoms with Crippen LogP contribution in [0.4, 0.5) is 0 Å². The summed E-state index contributed by atoms with van der Waals surface area (Å²) in [6.07, 6.45) is 3.32. The van der Waals surface area contributed by atoms with Gasteiger partial charge in [0.25, 0.3) is 11.5 Å². The number of benzene rings is 2. The molecule has 35 heavy (non-hydrogen) atoms. The number of carbonyl (C=O) groups excluding carboxylic acids is 1. The van der Waals surface area contributed by atoms with Crippen LogP contribution in [0, 0.1) is 6.92 Å². The summed E-state index contributed by atoms with van der Waals surface area (Å²) < 4.78 is 1.52. The molecule has 178 valence electrons. The molecule has 9 heteroatoms. The maximum atomic E-state index is 12.8. The summed E-state index contributed by atoms with van der Waals surface area (Å²) in [5.74, 6) is -1.91. The number of aryl methyl sites for hydroxylation is 2. The Hall–Kier alpha value is -3.68. The van der Waals surface area contributed by atoms with E-state index >= 15 is 0 Å². The second-order valence-corrected chi connectivity index (χ2v) is 9.00. The standard InChI is InChI=1S/C26H21Cl2N3O4/c1-14-11-18(25(33)31(2)13-14)16-9-8-15(23-17(16)5-4-10-29-23)12-21(26(34)35)30-24(32)22-19(27)6-3-7-20(22)28/h3-11,13,21H,12H2,1-2H3,(H,30,32)(H,34,35)/t21-/m0/s1. The third kappa shape index (κ3) is 4.92. The smallest absolute Gasteiger partial charge is 0.326 e. The zero-order chi connectivity index (χ0) is 25.3. The maximum Gasteiger partial charge on any atom is 0.326 e. The first-order valence-electron chi connectivity index (χ1n) is 10.7. The quantitative estimate of drug-likeness (QED) is 0.394. The minimum Gasteiger partial charge on any atom is -0.480 e. The molecular formula is C26H21Cl2N3O4. The molecule has 7 nitrogen and oxygen atoms in total. The Morgan fingerprint density at radius 1 is 1.09 bits per heavy atom. The van der Waals surface area contributed by atoms with Crippen molar-refractivity contribution in [1.29, 1.82) is 0 Å². The molecule has 0 aliphatic rings. The molecule has 1 atom stereocenters. The fourth-order valence-electron chi connectivity index (χ4n) is 4.07. The van der Waals surface area contributed by atoms with E-state index in [2.05, 4.69) is 10.3 Å². The van der Waals surface area contributed by atoms with Gasteiger partial charge in [-0.2, -0.15) is 0 Å². The molecule has 0 bridgehead atoms. The van der Waals surface area contributed by atoms with Crippen LogP contribution in [-0.2, 0) is 18.3 Å². The number of carboxylic acid groups (broad SMARTS) is 1. The van der Waals surface area contributed by atoms with Gasteiger partial charge in [-0.15, -0.1) is 0 Å². The van der Waals surface area contributed by atoms with Crippen molar-refractivity contribution in [3.63, 3.8) is 0 Å². The van der Waals surface area contributed by atoms with Crippen molar-refractivity contribution in [3.05, 3.63) is 98.0 Å². The number of fused-ring (bicyclic) bond motifs is 1. The van der Waals surface area contributed by atoms with Crippen LogP contribution >= 0.6 is 23.2 Å². The molecule has 4 rings (SSSR count). The summed E-state index contributed by atoms with van der Waals surface area (Å²) in [6, 6.07) is 12.3. The molecule has 1 amide bonds. The van der Waals surface area contributed by atoms with Gasteiger partial charge in [-0.25, -0.2) is 4.79 Å². The fourth-order valence-corrected chi connectivity index (χ4v) is 4.64. The van der Waals surface area contributed by atoms with E-state index in [0.717, 1.165) is 5.56 Å². The van der Waals surface area contributed by atoms with Crippen LogP contribution in [0.3, 0.4) is 0 Å². The highest BCUT2D eigenvalue weighted by molar-refractivity contribution is 6.39. The fraction of sp³-hybridized carbons (Fsp3) is 0.154. The summed E-state index contributed by atoms with van der Waals surface area (Å²) in [4.78, 5) is 42.1. The molecule has 0 fully saturated rings. The molecule has 2 aromatic carbocycles. The molecule has 0 spiro atoms. The summed E-state index contributed by atoms with van der Waals surface area (Å²) in [5.41, 5.74) is 3.15. The molecule has 0 radical (unpaired) electrons. The second kappa shape index (κ2) is 9.90. The van der Waals surface area contributed by atoms with E-state index in [1.807, 2.05) is 19.1 Å². The van der Waals surface area contributed by atoms with E-state index in [1.54, 1.807) is 43.7 Å². The van der Waals surface area contributed by atoms with Crippen molar-refractivity contribution in [1.82, 2.24) is 14.9 Å². The number of aliphatic carboxylic acids is 1. The number of pyridine rings is 2. The van der Waals surface area contributed by atoms with Gasteiger partial charge in [-0.05, 0) is 47.9 Å². The number of carbonyl (C=O) groups is 2. The van der Waals surface area contributed by atoms with Gasteiger partial charge in [0.2, 0.25) is 0 Å². The van der Waals surface area contributed by atoms with E-state index in [1.165, 1.54) is 16.7 Å². The number of amides is 1. The van der Waals surface area contributed by atoms with Crippen LogP contribution in [0.25, 0.3) is 22.0 Å². The number of halogens is 2. The first-order chi connectivity index (χ1) is 16.7. The molecule has 0 unspecified atom stereocenters. The van der Waals surface area contributed by atoms with Crippen LogP contribution in [-0.4, -0.2) is 32.6 Å². The SMILES string of the molecule is Cc1cc(-c2ccc(C[C@H](NC(=O)c3c(Cl)cccc3Cl)C(=O)O)c3ncccc23)c(=O)n(C)c1. The highest BCUT2D eigenvalue weighted by atomic mass is 35.5. The van der Waals surface area contributed by atoms with Crippen LogP contribution in [0.5, 0.6) is 0 Å². The molecule has 0 saturated heterocycles. The van der Waals surface area contributed by atoms with Crippen LogP contribution < -0.4 is 10.9 Å². The van der Waals surface area contributed by atoms with Gasteiger partial charge >= 0.3 is 5.97 Å². The molecule has 2 aromatic heterocycles. The molecule has 2 heterocycles. The minimum atomic E-state index is -1.27. The van der Waals surface area contributed by atoms with Gasteiger partial charge in [-0.1, -0.05) is 47.5 Å². The highest BCUT2D eigenvalue weighted by Gasteiger charge is 2.25. The number of hydrogen-bond acceptors (Lipinski definition) is 4. The number of nitrogens with one attached hydrogen (secondary N) is 1. The van der Waals surface area contributed by atoms with E-state index < -0.39 is 17.9 Å². The lowest BCUT2D eigenvalue weighted by Gasteiger charge is -2.17. The lowest BCUT2D eigenvalue weighted by molar-refractivity contribution is -0.139. The zero-order valence-corrected chi connectivity index (χ0v) is 20.4. The van der Waals surface area contributed by atoms with Crippen molar-refractivity contribution in [3.8, 4) is 11.1 Å². The molecule has 4 aromatic rings. The number of aromatic nitrogens is 2. The Balaban J connectivity index is 1.74. The van der Waals surface area contributed by atoms with Gasteiger partial charge in [0, 0.05) is 36.8 Å². The van der Waals surface area contributed by atoms with E-state index in [9.17, 15) is 19.5 Å². The number of nitrogens with zero attached hydrogens (tertiary/aromatic N) is 2. The molecule has 2 N–H and O–H groups in total. The number of carboxylic acids is 1. The number of hydrogen-bond donors (Lipinski definition) is 2. The third-order valence-corrected chi connectivity index (χ3v) is 6.31. The van der Waals surface area contributed by atoms with Crippen molar-refractivity contribution in [2.45, 2.75) is 19.4 Å². The maximum absolute atomic E-state index is 12.8. The van der Waals surface area contributed by atoms with Gasteiger partial charge in [-0.3, -0.25) is 14.6 Å². The van der Waals surface area contributed by atoms with E-state index in [4.69, 9.17) is 23.2 Å². The van der Waals surface area contributed by atoms with Gasteiger partial charge in [0.05, 0.1) is 21.1 Å². The van der Waals surface area contributed by atoms with Gasteiger partial charge in [0.1, 0.15) is 6.04 Å². The molecule has 0 aliphatic carbocycles. The predicted molar refractivity (Wildman–Crippen MR) is 136 cm³/mol. The van der Waals surface area contributed by atoms with E-state index in [-0.39, 0.29) is 27.6 Å². The van der Waals surface area contributed by atoms with Crippen molar-refractivity contribution in [2.24, 2.45) is 7.05 Å². The summed E-state index contributed by atoms with van der Waals surface area (Å²) in [5, 5.41) is 13.3. The number of rotatable bonds is 6. The Kier molecular flexibility index (Phi) is 6.91. The first-order valence-corrected chi connectivity index (χ1v) is 11.4. The monoisotopic (exact) mass is 509 g/mol. The second-order valence-electron chi connectivity index (χ2n) is 8.18. The van der Waals surface area contributed by atoms with Gasteiger partial charge in [0.15, 0.2) is 0 Å².